The first-order chi connectivity index (χ1) is 7.98. The van der Waals surface area contributed by atoms with Gasteiger partial charge in [-0.2, -0.15) is 0 Å². The van der Waals surface area contributed by atoms with E-state index in [2.05, 4.69) is 5.32 Å². The molecule has 1 aromatic carbocycles. The lowest BCUT2D eigenvalue weighted by molar-refractivity contribution is 0.0929. The number of carbonyl (C=O) groups excluding carboxylic acids is 1. The molecular weight excluding hydrogens is 255 g/mol. The summed E-state index contributed by atoms with van der Waals surface area (Å²) in [6, 6.07) is 4.31. The molecule has 100 valence electrons. The summed E-state index contributed by atoms with van der Waals surface area (Å²) in [7, 11) is 0. The van der Waals surface area contributed by atoms with Crippen molar-refractivity contribution in [2.45, 2.75) is 31.7 Å². The largest absolute Gasteiger partial charge is 0.350 e. The topological polar surface area (TPSA) is 55.1 Å². The van der Waals surface area contributed by atoms with Gasteiger partial charge in [0.2, 0.25) is 0 Å². The van der Waals surface area contributed by atoms with Crippen molar-refractivity contribution in [1.29, 1.82) is 0 Å². The number of nitrogens with one attached hydrogen (secondary N) is 1. The molecule has 1 fully saturated rings. The summed E-state index contributed by atoms with van der Waals surface area (Å²) in [5, 5.41) is 2.77. The Morgan fingerprint density at radius 3 is 2.61 bits per heavy atom. The second-order valence-corrected chi connectivity index (χ2v) is 4.92. The van der Waals surface area contributed by atoms with Crippen LogP contribution in [-0.2, 0) is 0 Å². The Hall–Kier alpha value is -1.13. The number of carbonyl (C=O) groups is 1. The van der Waals surface area contributed by atoms with Crippen LogP contribution in [0.5, 0.6) is 0 Å². The van der Waals surface area contributed by atoms with Gasteiger partial charge in [0.05, 0.1) is 0 Å². The number of amides is 1. The lowest BCUT2D eigenvalue weighted by Crippen LogP contribution is -2.54. The molecular formula is C13H18ClFN2O. The van der Waals surface area contributed by atoms with Crippen molar-refractivity contribution >= 4 is 18.3 Å². The van der Waals surface area contributed by atoms with Gasteiger partial charge in [-0.15, -0.1) is 12.4 Å². The predicted molar refractivity (Wildman–Crippen MR) is 71.5 cm³/mol. The molecule has 2 rings (SSSR count). The summed E-state index contributed by atoms with van der Waals surface area (Å²) in [5.74, 6) is -0.648. The molecule has 3 nitrogen and oxygen atoms in total. The third-order valence-corrected chi connectivity index (χ3v) is 3.25. The summed E-state index contributed by atoms with van der Waals surface area (Å²) >= 11 is 0. The molecule has 0 unspecified atom stereocenters. The van der Waals surface area contributed by atoms with E-state index in [4.69, 9.17) is 5.73 Å². The van der Waals surface area contributed by atoms with E-state index in [1.807, 2.05) is 0 Å². The van der Waals surface area contributed by atoms with E-state index in [0.717, 1.165) is 24.8 Å². The molecule has 3 N–H and O–H groups in total. The lowest BCUT2D eigenvalue weighted by atomic mass is 9.78. The van der Waals surface area contributed by atoms with Crippen molar-refractivity contribution in [2.75, 3.05) is 6.54 Å². The van der Waals surface area contributed by atoms with Crippen molar-refractivity contribution in [1.82, 2.24) is 5.32 Å². The van der Waals surface area contributed by atoms with Crippen LogP contribution in [-0.4, -0.2) is 18.0 Å². The Kier molecular flexibility index (Phi) is 4.71. The van der Waals surface area contributed by atoms with Crippen LogP contribution in [0, 0.1) is 12.7 Å². The van der Waals surface area contributed by atoms with Crippen molar-refractivity contribution in [3.8, 4) is 0 Å². The SMILES string of the molecule is Cc1cc(F)cc(C(=O)NCC2(N)CCC2)c1.Cl. The second-order valence-electron chi connectivity index (χ2n) is 4.92. The van der Waals surface area contributed by atoms with Gasteiger partial charge in [-0.25, -0.2) is 4.39 Å². The Morgan fingerprint density at radius 2 is 2.11 bits per heavy atom. The van der Waals surface area contributed by atoms with Crippen LogP contribution >= 0.6 is 12.4 Å². The quantitative estimate of drug-likeness (QED) is 0.886. The predicted octanol–water partition coefficient (Wildman–Crippen LogP) is 2.17. The molecule has 5 heteroatoms. The van der Waals surface area contributed by atoms with Gasteiger partial charge in [-0.1, -0.05) is 0 Å². The van der Waals surface area contributed by atoms with Gasteiger partial charge < -0.3 is 11.1 Å². The normalized spacial score (nSPS) is 16.4. The average molecular weight is 273 g/mol. The third-order valence-electron chi connectivity index (χ3n) is 3.25. The maximum Gasteiger partial charge on any atom is 0.251 e. The zero-order valence-electron chi connectivity index (χ0n) is 10.3. The fourth-order valence-electron chi connectivity index (χ4n) is 2.03. The molecule has 0 atom stereocenters. The molecule has 1 aromatic rings. The monoisotopic (exact) mass is 272 g/mol. The van der Waals surface area contributed by atoms with E-state index >= 15 is 0 Å². The molecule has 0 radical (unpaired) electrons. The minimum Gasteiger partial charge on any atom is -0.350 e. The number of nitrogens with two attached hydrogens (primary N) is 1. The van der Waals surface area contributed by atoms with Crippen LogP contribution in [0.1, 0.15) is 35.2 Å². The number of halogens is 2. The van der Waals surface area contributed by atoms with E-state index in [1.165, 1.54) is 12.1 Å². The number of hydrogen-bond acceptors (Lipinski definition) is 2. The Bertz CT molecular complexity index is 426. The third kappa shape index (κ3) is 3.43. The molecule has 0 spiro atoms. The zero-order valence-corrected chi connectivity index (χ0v) is 11.1. The highest BCUT2D eigenvalue weighted by Crippen LogP contribution is 2.28. The molecule has 1 saturated carbocycles. The second kappa shape index (κ2) is 5.67. The van der Waals surface area contributed by atoms with E-state index in [0.29, 0.717) is 12.1 Å². The minimum atomic E-state index is -0.388. The van der Waals surface area contributed by atoms with Crippen molar-refractivity contribution < 1.29 is 9.18 Å². The first kappa shape index (κ1) is 14.9. The highest BCUT2D eigenvalue weighted by atomic mass is 35.5. The number of hydrogen-bond donors (Lipinski definition) is 2. The summed E-state index contributed by atoms with van der Waals surface area (Å²) < 4.78 is 13.1. The lowest BCUT2D eigenvalue weighted by Gasteiger charge is -2.38. The van der Waals surface area contributed by atoms with Gasteiger partial charge in [-0.3, -0.25) is 4.79 Å². The van der Waals surface area contributed by atoms with Crippen molar-refractivity contribution in [3.05, 3.63) is 35.1 Å². The summed E-state index contributed by atoms with van der Waals surface area (Å²) in [6.45, 7) is 2.22. The Labute approximate surface area is 112 Å². The molecule has 0 saturated heterocycles. The van der Waals surface area contributed by atoms with Crippen LogP contribution < -0.4 is 11.1 Å². The number of aryl methyl sites for hydroxylation is 1. The maximum atomic E-state index is 13.1. The number of benzene rings is 1. The first-order valence-corrected chi connectivity index (χ1v) is 5.83. The molecule has 0 bridgehead atoms. The van der Waals surface area contributed by atoms with E-state index in [9.17, 15) is 9.18 Å². The zero-order chi connectivity index (χ0) is 12.5. The highest BCUT2D eigenvalue weighted by Gasteiger charge is 2.32. The minimum absolute atomic E-state index is 0. The molecule has 18 heavy (non-hydrogen) atoms. The van der Waals surface area contributed by atoms with Gasteiger partial charge in [0.25, 0.3) is 5.91 Å². The van der Waals surface area contributed by atoms with Gasteiger partial charge in [0, 0.05) is 17.6 Å². The average Bonchev–Trinajstić information content (AvgIpc) is 2.22. The van der Waals surface area contributed by atoms with Crippen molar-refractivity contribution in [3.63, 3.8) is 0 Å². The Balaban J connectivity index is 0.00000162. The van der Waals surface area contributed by atoms with E-state index < -0.39 is 0 Å². The van der Waals surface area contributed by atoms with Crippen molar-refractivity contribution in [2.24, 2.45) is 5.73 Å². The van der Waals surface area contributed by atoms with Crippen LogP contribution in [0.4, 0.5) is 4.39 Å². The first-order valence-electron chi connectivity index (χ1n) is 5.83. The highest BCUT2D eigenvalue weighted by molar-refractivity contribution is 5.94. The summed E-state index contributed by atoms with van der Waals surface area (Å²) in [4.78, 5) is 11.8. The molecule has 0 aliphatic heterocycles. The maximum absolute atomic E-state index is 13.1. The number of rotatable bonds is 3. The molecule has 0 aromatic heterocycles. The van der Waals surface area contributed by atoms with Crippen LogP contribution in [0.2, 0.25) is 0 Å². The van der Waals surface area contributed by atoms with Crippen LogP contribution in [0.25, 0.3) is 0 Å². The summed E-state index contributed by atoms with van der Waals surface area (Å²) in [6.07, 6.45) is 3.00. The summed E-state index contributed by atoms with van der Waals surface area (Å²) in [5.41, 5.74) is 6.84. The van der Waals surface area contributed by atoms with Gasteiger partial charge in [0.1, 0.15) is 5.82 Å². The van der Waals surface area contributed by atoms with Gasteiger partial charge in [0.15, 0.2) is 0 Å². The molecule has 1 amide bonds. The smallest absolute Gasteiger partial charge is 0.251 e. The van der Waals surface area contributed by atoms with E-state index in [-0.39, 0.29) is 29.7 Å². The standard InChI is InChI=1S/C13H17FN2O.ClH/c1-9-5-10(7-11(14)6-9)12(17)16-8-13(15)3-2-4-13;/h5-7H,2-4,8,15H2,1H3,(H,16,17);1H. The van der Waals surface area contributed by atoms with Crippen LogP contribution in [0.15, 0.2) is 18.2 Å². The van der Waals surface area contributed by atoms with Crippen LogP contribution in [0.3, 0.4) is 0 Å². The fraction of sp³-hybridized carbons (Fsp3) is 0.462. The Morgan fingerprint density at radius 1 is 1.44 bits per heavy atom. The molecule has 1 aliphatic carbocycles. The van der Waals surface area contributed by atoms with Gasteiger partial charge >= 0.3 is 0 Å². The molecule has 1 aliphatic rings. The fourth-order valence-corrected chi connectivity index (χ4v) is 2.03. The van der Waals surface area contributed by atoms with Gasteiger partial charge in [-0.05, 0) is 49.9 Å². The molecule has 0 heterocycles. The van der Waals surface area contributed by atoms with E-state index in [1.54, 1.807) is 13.0 Å².